The molecule has 1 heterocycles. The number of nitrogens with zero attached hydrogens (tertiary/aromatic N) is 2. The van der Waals surface area contributed by atoms with Crippen LogP contribution in [-0.4, -0.2) is 81.1 Å². The van der Waals surface area contributed by atoms with E-state index in [0.29, 0.717) is 38.6 Å². The quantitative estimate of drug-likeness (QED) is 0.199. The Bertz CT molecular complexity index is 425. The summed E-state index contributed by atoms with van der Waals surface area (Å²) >= 11 is 0. The number of rotatable bonds is 12. The average Bonchev–Trinajstić information content (AvgIpc) is 2.80. The van der Waals surface area contributed by atoms with Gasteiger partial charge in [0, 0.05) is 44.3 Å². The summed E-state index contributed by atoms with van der Waals surface area (Å²) in [6.45, 7) is 28.1. The first-order valence-corrected chi connectivity index (χ1v) is 12.5. The lowest BCUT2D eigenvalue weighted by molar-refractivity contribution is -0.0641. The molecule has 1 fully saturated rings. The van der Waals surface area contributed by atoms with Gasteiger partial charge in [-0.1, -0.05) is 55.4 Å². The first-order chi connectivity index (χ1) is 15.1. The molecule has 0 aliphatic carbocycles. The zero-order valence-electron chi connectivity index (χ0n) is 23.1. The SMILES string of the molecule is CC.CC.CC.CC(C)(CN)COC(C)(C)CN(N)/C=C(\N)COCCN1CCNCC1. The van der Waals surface area contributed by atoms with Crippen LogP contribution in [0.5, 0.6) is 0 Å². The van der Waals surface area contributed by atoms with Crippen molar-refractivity contribution in [1.29, 1.82) is 0 Å². The lowest BCUT2D eigenvalue weighted by Gasteiger charge is -2.33. The first-order valence-electron chi connectivity index (χ1n) is 12.5. The number of nitrogens with one attached hydrogen (secondary N) is 1. The minimum absolute atomic E-state index is 0.0518. The summed E-state index contributed by atoms with van der Waals surface area (Å²) in [5.41, 5.74) is 11.9. The largest absolute Gasteiger partial charge is 0.399 e. The molecule has 8 heteroatoms. The van der Waals surface area contributed by atoms with E-state index in [-0.39, 0.29) is 5.41 Å². The van der Waals surface area contributed by atoms with Gasteiger partial charge in [-0.3, -0.25) is 4.90 Å². The van der Waals surface area contributed by atoms with Gasteiger partial charge in [-0.05, 0) is 20.4 Å². The predicted molar refractivity (Wildman–Crippen MR) is 140 cm³/mol. The Morgan fingerprint density at radius 1 is 1.03 bits per heavy atom. The molecule has 0 atom stereocenters. The molecule has 1 rings (SSSR count). The lowest BCUT2D eigenvalue weighted by Crippen LogP contribution is -2.45. The molecule has 8 nitrogen and oxygen atoms in total. The van der Waals surface area contributed by atoms with Gasteiger partial charge < -0.3 is 31.3 Å². The molecule has 0 amide bonds. The van der Waals surface area contributed by atoms with E-state index in [0.717, 1.165) is 32.7 Å². The molecule has 1 aliphatic heterocycles. The smallest absolute Gasteiger partial charge is 0.0876 e. The third-order valence-corrected chi connectivity index (χ3v) is 4.33. The number of ether oxygens (including phenoxy) is 2. The minimum Gasteiger partial charge on any atom is -0.399 e. The third kappa shape index (κ3) is 21.0. The van der Waals surface area contributed by atoms with E-state index >= 15 is 0 Å². The highest BCUT2D eigenvalue weighted by molar-refractivity contribution is 4.96. The molecule has 1 saturated heterocycles. The van der Waals surface area contributed by atoms with Crippen molar-refractivity contribution in [2.45, 2.75) is 74.8 Å². The fourth-order valence-corrected chi connectivity index (χ4v) is 2.55. The molecular weight excluding hydrogens is 404 g/mol. The van der Waals surface area contributed by atoms with Crippen molar-refractivity contribution in [3.63, 3.8) is 0 Å². The van der Waals surface area contributed by atoms with Gasteiger partial charge in [-0.25, -0.2) is 5.84 Å². The number of hydrogen-bond donors (Lipinski definition) is 4. The van der Waals surface area contributed by atoms with Crippen molar-refractivity contribution < 1.29 is 9.47 Å². The maximum atomic E-state index is 6.06. The molecule has 32 heavy (non-hydrogen) atoms. The van der Waals surface area contributed by atoms with Gasteiger partial charge in [-0.2, -0.15) is 0 Å². The molecular formula is C24H58N6O2. The van der Waals surface area contributed by atoms with Crippen molar-refractivity contribution in [2.75, 3.05) is 65.6 Å². The summed E-state index contributed by atoms with van der Waals surface area (Å²) in [5.74, 6) is 6.06. The monoisotopic (exact) mass is 462 g/mol. The third-order valence-electron chi connectivity index (χ3n) is 4.33. The molecule has 1 aliphatic rings. The van der Waals surface area contributed by atoms with Gasteiger partial charge in [0.05, 0.1) is 37.7 Å². The molecule has 196 valence electrons. The van der Waals surface area contributed by atoms with Gasteiger partial charge in [0.1, 0.15) is 0 Å². The van der Waals surface area contributed by atoms with Crippen LogP contribution >= 0.6 is 0 Å². The highest BCUT2D eigenvalue weighted by Gasteiger charge is 2.25. The number of nitrogens with two attached hydrogens (primary N) is 3. The Kier molecular flexibility index (Phi) is 24.4. The highest BCUT2D eigenvalue weighted by Crippen LogP contribution is 2.19. The van der Waals surface area contributed by atoms with E-state index < -0.39 is 5.60 Å². The van der Waals surface area contributed by atoms with E-state index in [4.69, 9.17) is 26.8 Å². The Labute approximate surface area is 200 Å². The molecule has 0 bridgehead atoms. The van der Waals surface area contributed by atoms with Crippen LogP contribution in [0.4, 0.5) is 0 Å². The second kappa shape index (κ2) is 21.9. The maximum Gasteiger partial charge on any atom is 0.0876 e. The average molecular weight is 463 g/mol. The lowest BCUT2D eigenvalue weighted by atomic mass is 9.95. The Morgan fingerprint density at radius 2 is 1.56 bits per heavy atom. The summed E-state index contributed by atoms with van der Waals surface area (Å²) in [6.07, 6.45) is 1.71. The second-order valence-corrected chi connectivity index (χ2v) is 8.44. The maximum absolute atomic E-state index is 6.06. The van der Waals surface area contributed by atoms with Crippen LogP contribution in [0.3, 0.4) is 0 Å². The molecule has 0 aromatic heterocycles. The van der Waals surface area contributed by atoms with E-state index in [9.17, 15) is 0 Å². The molecule has 0 unspecified atom stereocenters. The minimum atomic E-state index is -0.402. The first kappa shape index (κ1) is 35.7. The van der Waals surface area contributed by atoms with Crippen molar-refractivity contribution in [3.05, 3.63) is 11.9 Å². The fourth-order valence-electron chi connectivity index (χ4n) is 2.55. The van der Waals surface area contributed by atoms with Crippen LogP contribution in [0.1, 0.15) is 69.2 Å². The van der Waals surface area contributed by atoms with Crippen LogP contribution in [0.25, 0.3) is 0 Å². The molecule has 0 spiro atoms. The van der Waals surface area contributed by atoms with Gasteiger partial charge in [0.25, 0.3) is 0 Å². The van der Waals surface area contributed by atoms with Crippen LogP contribution in [0, 0.1) is 5.41 Å². The number of hydrazine groups is 1. The second-order valence-electron chi connectivity index (χ2n) is 8.44. The van der Waals surface area contributed by atoms with E-state index in [1.165, 1.54) is 0 Å². The van der Waals surface area contributed by atoms with E-state index in [1.54, 1.807) is 11.2 Å². The summed E-state index contributed by atoms with van der Waals surface area (Å²) in [7, 11) is 0. The van der Waals surface area contributed by atoms with Crippen LogP contribution in [0.2, 0.25) is 0 Å². The van der Waals surface area contributed by atoms with Gasteiger partial charge in [0.2, 0.25) is 0 Å². The van der Waals surface area contributed by atoms with Crippen molar-refractivity contribution in [1.82, 2.24) is 15.2 Å². The molecule has 7 N–H and O–H groups in total. The number of hydrogen-bond acceptors (Lipinski definition) is 8. The molecule has 0 radical (unpaired) electrons. The van der Waals surface area contributed by atoms with Crippen LogP contribution in [0.15, 0.2) is 11.9 Å². The molecule has 0 aromatic rings. The van der Waals surface area contributed by atoms with Crippen molar-refractivity contribution in [2.24, 2.45) is 22.7 Å². The zero-order chi connectivity index (χ0) is 25.6. The Balaban J connectivity index is -0.00000129. The summed E-state index contributed by atoms with van der Waals surface area (Å²) < 4.78 is 11.6. The van der Waals surface area contributed by atoms with E-state index in [1.807, 2.05) is 55.4 Å². The fraction of sp³-hybridized carbons (Fsp3) is 0.917. The summed E-state index contributed by atoms with van der Waals surface area (Å²) in [4.78, 5) is 2.38. The standard InChI is InChI=1S/C18H40N6O2.3C2H6/c1-17(2,13-19)15-26-18(3,4)14-24(21)11-16(20)12-25-10-9-23-7-5-22-6-8-23;3*1-2/h11,22H,5-10,12-15,19-21H2,1-4H3;3*1-2H3/b16-11-;;;. The van der Waals surface area contributed by atoms with Crippen LogP contribution < -0.4 is 22.6 Å². The van der Waals surface area contributed by atoms with Crippen molar-refractivity contribution in [3.8, 4) is 0 Å². The normalized spacial score (nSPS) is 14.8. The van der Waals surface area contributed by atoms with Crippen molar-refractivity contribution >= 4 is 0 Å². The van der Waals surface area contributed by atoms with E-state index in [2.05, 4.69) is 24.1 Å². The highest BCUT2D eigenvalue weighted by atomic mass is 16.5. The van der Waals surface area contributed by atoms with Crippen LogP contribution in [-0.2, 0) is 9.47 Å². The zero-order valence-corrected chi connectivity index (χ0v) is 23.1. The predicted octanol–water partition coefficient (Wildman–Crippen LogP) is 2.74. The van der Waals surface area contributed by atoms with Gasteiger partial charge >= 0.3 is 0 Å². The van der Waals surface area contributed by atoms with Gasteiger partial charge in [0.15, 0.2) is 0 Å². The Morgan fingerprint density at radius 3 is 2.06 bits per heavy atom. The molecule has 0 saturated carbocycles. The Hall–Kier alpha value is -0.900. The topological polar surface area (TPSA) is 115 Å². The summed E-state index contributed by atoms with van der Waals surface area (Å²) in [6, 6.07) is 0. The summed E-state index contributed by atoms with van der Waals surface area (Å²) in [5, 5.41) is 4.90. The van der Waals surface area contributed by atoms with Gasteiger partial charge in [-0.15, -0.1) is 0 Å². The molecule has 0 aromatic carbocycles. The number of piperazine rings is 1.